The largest absolute Gasteiger partial charge is 0.424 e. The molecule has 0 aliphatic heterocycles. The van der Waals surface area contributed by atoms with Crippen LogP contribution in [0, 0.1) is 0 Å². The van der Waals surface area contributed by atoms with Gasteiger partial charge in [0.2, 0.25) is 0 Å². The molecule has 0 radical (unpaired) electrons. The molecule has 0 aliphatic carbocycles. The first-order valence-corrected chi connectivity index (χ1v) is 7.93. The van der Waals surface area contributed by atoms with Crippen LogP contribution in [0.25, 0.3) is 11.3 Å². The van der Waals surface area contributed by atoms with Crippen LogP contribution in [0.15, 0.2) is 48.5 Å². The van der Waals surface area contributed by atoms with Gasteiger partial charge in [-0.15, -0.1) is 0 Å². The Morgan fingerprint density at radius 3 is 2.38 bits per heavy atom. The van der Waals surface area contributed by atoms with Crippen LogP contribution < -0.4 is 10.5 Å². The van der Waals surface area contributed by atoms with E-state index in [1.54, 1.807) is 18.2 Å². The summed E-state index contributed by atoms with van der Waals surface area (Å²) >= 11 is 11.9. The molecule has 0 aliphatic rings. The summed E-state index contributed by atoms with van der Waals surface area (Å²) in [7, 11) is 0. The number of benzene rings is 2. The molecule has 0 bridgehead atoms. The summed E-state index contributed by atoms with van der Waals surface area (Å²) in [6.07, 6.45) is -4.48. The number of nitrogens with zero attached hydrogens (tertiary/aromatic N) is 2. The number of anilines is 1. The Morgan fingerprint density at radius 2 is 1.69 bits per heavy atom. The Bertz CT molecular complexity index is 964. The molecule has 3 rings (SSSR count). The monoisotopic (exact) mass is 399 g/mol. The lowest BCUT2D eigenvalue weighted by molar-refractivity contribution is -0.137. The van der Waals surface area contributed by atoms with Crippen LogP contribution in [0.1, 0.15) is 5.56 Å². The maximum atomic E-state index is 12.8. The van der Waals surface area contributed by atoms with Gasteiger partial charge in [-0.2, -0.15) is 23.1 Å². The molecule has 0 saturated heterocycles. The summed E-state index contributed by atoms with van der Waals surface area (Å²) < 4.78 is 43.7. The van der Waals surface area contributed by atoms with Gasteiger partial charge in [0.1, 0.15) is 11.6 Å². The van der Waals surface area contributed by atoms with E-state index in [1.165, 1.54) is 18.2 Å². The van der Waals surface area contributed by atoms with Crippen LogP contribution in [0.2, 0.25) is 10.0 Å². The number of hydrogen-bond acceptors (Lipinski definition) is 4. The number of nitrogens with two attached hydrogens (primary N) is 1. The second-order valence-electron chi connectivity index (χ2n) is 5.22. The van der Waals surface area contributed by atoms with E-state index in [9.17, 15) is 13.2 Å². The van der Waals surface area contributed by atoms with Gasteiger partial charge in [0.15, 0.2) is 0 Å². The van der Waals surface area contributed by atoms with Gasteiger partial charge in [0.25, 0.3) is 0 Å². The SMILES string of the molecule is Nc1cc(-c2ccc(Cl)c(Cl)c2)nc(Oc2cccc(C(F)(F)F)c2)n1. The lowest BCUT2D eigenvalue weighted by Crippen LogP contribution is -2.05. The number of nitrogen functional groups attached to an aromatic ring is 1. The number of aromatic nitrogens is 2. The fourth-order valence-corrected chi connectivity index (χ4v) is 2.43. The molecule has 134 valence electrons. The van der Waals surface area contributed by atoms with E-state index in [2.05, 4.69) is 9.97 Å². The Morgan fingerprint density at radius 1 is 0.923 bits per heavy atom. The van der Waals surface area contributed by atoms with Crippen molar-refractivity contribution < 1.29 is 17.9 Å². The smallest absolute Gasteiger partial charge is 0.416 e. The third-order valence-corrected chi connectivity index (χ3v) is 4.05. The summed E-state index contributed by atoms with van der Waals surface area (Å²) in [6, 6.07) is 10.5. The average molecular weight is 400 g/mol. The predicted molar refractivity (Wildman–Crippen MR) is 93.4 cm³/mol. The zero-order chi connectivity index (χ0) is 18.9. The minimum Gasteiger partial charge on any atom is -0.424 e. The van der Waals surface area contributed by atoms with Crippen molar-refractivity contribution in [3.63, 3.8) is 0 Å². The maximum Gasteiger partial charge on any atom is 0.416 e. The number of alkyl halides is 3. The summed E-state index contributed by atoms with van der Waals surface area (Å²) in [5, 5.41) is 0.694. The van der Waals surface area contributed by atoms with E-state index < -0.39 is 11.7 Å². The highest BCUT2D eigenvalue weighted by molar-refractivity contribution is 6.42. The molecule has 2 N–H and O–H groups in total. The van der Waals surface area contributed by atoms with Crippen molar-refractivity contribution in [1.29, 1.82) is 0 Å². The minimum atomic E-state index is -4.48. The highest BCUT2D eigenvalue weighted by Crippen LogP contribution is 2.33. The third-order valence-electron chi connectivity index (χ3n) is 3.31. The molecule has 4 nitrogen and oxygen atoms in total. The number of ether oxygens (including phenoxy) is 1. The van der Waals surface area contributed by atoms with Crippen LogP contribution in [0.5, 0.6) is 11.8 Å². The van der Waals surface area contributed by atoms with Gasteiger partial charge < -0.3 is 10.5 Å². The summed E-state index contributed by atoms with van der Waals surface area (Å²) in [5.41, 5.74) is 5.89. The van der Waals surface area contributed by atoms with Crippen molar-refractivity contribution in [3.05, 3.63) is 64.1 Å². The molecule has 0 saturated carbocycles. The molecule has 0 unspecified atom stereocenters. The molecule has 1 heterocycles. The summed E-state index contributed by atoms with van der Waals surface area (Å²) in [4.78, 5) is 8.06. The number of hydrogen-bond donors (Lipinski definition) is 1. The fourth-order valence-electron chi connectivity index (χ4n) is 2.13. The van der Waals surface area contributed by atoms with E-state index >= 15 is 0 Å². The van der Waals surface area contributed by atoms with Gasteiger partial charge in [-0.3, -0.25) is 0 Å². The Kier molecular flexibility index (Phi) is 4.93. The van der Waals surface area contributed by atoms with Crippen LogP contribution in [-0.2, 0) is 6.18 Å². The Balaban J connectivity index is 1.94. The average Bonchev–Trinajstić information content (AvgIpc) is 2.56. The summed E-state index contributed by atoms with van der Waals surface area (Å²) in [5.74, 6) is 0.0218. The van der Waals surface area contributed by atoms with Crippen molar-refractivity contribution >= 4 is 29.0 Å². The van der Waals surface area contributed by atoms with Gasteiger partial charge in [-0.25, -0.2) is 0 Å². The zero-order valence-corrected chi connectivity index (χ0v) is 14.4. The van der Waals surface area contributed by atoms with Gasteiger partial charge in [-0.1, -0.05) is 35.3 Å². The maximum absolute atomic E-state index is 12.8. The second-order valence-corrected chi connectivity index (χ2v) is 6.03. The quantitative estimate of drug-likeness (QED) is 0.600. The normalized spacial score (nSPS) is 11.4. The van der Waals surface area contributed by atoms with Gasteiger partial charge in [0, 0.05) is 11.6 Å². The molecule has 9 heteroatoms. The Hall–Kier alpha value is -2.51. The van der Waals surface area contributed by atoms with Gasteiger partial charge >= 0.3 is 12.2 Å². The van der Waals surface area contributed by atoms with Crippen LogP contribution in [0.3, 0.4) is 0 Å². The molecule has 0 amide bonds. The van der Waals surface area contributed by atoms with Gasteiger partial charge in [-0.05, 0) is 30.3 Å². The lowest BCUT2D eigenvalue weighted by atomic mass is 10.1. The van der Waals surface area contributed by atoms with Crippen LogP contribution in [-0.4, -0.2) is 9.97 Å². The van der Waals surface area contributed by atoms with E-state index in [0.29, 0.717) is 21.3 Å². The van der Waals surface area contributed by atoms with Crippen molar-refractivity contribution in [2.24, 2.45) is 0 Å². The Labute approximate surface area is 156 Å². The summed E-state index contributed by atoms with van der Waals surface area (Å²) in [6.45, 7) is 0. The second kappa shape index (κ2) is 7.01. The van der Waals surface area contributed by atoms with Gasteiger partial charge in [0.05, 0.1) is 21.3 Å². The van der Waals surface area contributed by atoms with E-state index in [-0.39, 0.29) is 17.6 Å². The topological polar surface area (TPSA) is 61.0 Å². The molecule has 26 heavy (non-hydrogen) atoms. The fraction of sp³-hybridized carbons (Fsp3) is 0.0588. The van der Waals surface area contributed by atoms with Crippen molar-refractivity contribution in [2.45, 2.75) is 6.18 Å². The van der Waals surface area contributed by atoms with E-state index in [1.807, 2.05) is 0 Å². The zero-order valence-electron chi connectivity index (χ0n) is 12.9. The van der Waals surface area contributed by atoms with Crippen molar-refractivity contribution in [3.8, 4) is 23.0 Å². The van der Waals surface area contributed by atoms with Crippen LogP contribution >= 0.6 is 23.2 Å². The van der Waals surface area contributed by atoms with Crippen molar-refractivity contribution in [1.82, 2.24) is 9.97 Å². The number of rotatable bonds is 3. The van der Waals surface area contributed by atoms with Crippen molar-refractivity contribution in [2.75, 3.05) is 5.73 Å². The highest BCUT2D eigenvalue weighted by atomic mass is 35.5. The molecule has 1 aromatic heterocycles. The first-order chi connectivity index (χ1) is 12.2. The highest BCUT2D eigenvalue weighted by Gasteiger charge is 2.30. The third kappa shape index (κ3) is 4.17. The first-order valence-electron chi connectivity index (χ1n) is 7.17. The molecular weight excluding hydrogens is 390 g/mol. The van der Waals surface area contributed by atoms with E-state index in [0.717, 1.165) is 12.1 Å². The molecule has 2 aromatic carbocycles. The van der Waals surface area contributed by atoms with Crippen LogP contribution in [0.4, 0.5) is 19.0 Å². The molecule has 0 atom stereocenters. The molecule has 0 spiro atoms. The minimum absolute atomic E-state index is 0.0643. The first kappa shape index (κ1) is 18.3. The standard InChI is InChI=1S/C17H10Cl2F3N3O/c18-12-5-4-9(6-13(12)19)14-8-15(23)25-16(24-14)26-11-3-1-2-10(7-11)17(20,21)22/h1-8H,(H2,23,24,25). The molecular formula is C17H10Cl2F3N3O. The van der Waals surface area contributed by atoms with E-state index in [4.69, 9.17) is 33.7 Å². The predicted octanol–water partition coefficient (Wildman–Crippen LogP) is 5.84. The number of halogens is 5. The molecule has 3 aromatic rings. The molecule has 0 fully saturated rings. The lowest BCUT2D eigenvalue weighted by Gasteiger charge is -2.10.